The van der Waals surface area contributed by atoms with E-state index in [1.807, 2.05) is 0 Å². The summed E-state index contributed by atoms with van der Waals surface area (Å²) in [5, 5.41) is 10.0. The van der Waals surface area contributed by atoms with Gasteiger partial charge in [0, 0.05) is 19.4 Å². The number of hydrogen-bond donors (Lipinski definition) is 3. The van der Waals surface area contributed by atoms with Gasteiger partial charge in [-0.15, -0.1) is 0 Å². The van der Waals surface area contributed by atoms with E-state index in [1.165, 1.54) is 89.9 Å². The number of allylic oxidation sites excluding steroid dienone is 4. The molecule has 0 aromatic heterocycles. The molecule has 0 aliphatic rings. The molecule has 0 aromatic rings. The van der Waals surface area contributed by atoms with E-state index in [9.17, 15) is 19.5 Å². The monoisotopic (exact) mass is 703 g/mol. The summed E-state index contributed by atoms with van der Waals surface area (Å²) in [6.45, 7) is 4.75. The minimum absolute atomic E-state index is 0.0609. The number of hydrogen-bond acceptors (Lipinski definition) is 4. The van der Waals surface area contributed by atoms with Gasteiger partial charge in [0.25, 0.3) is 0 Å². The van der Waals surface area contributed by atoms with Crippen LogP contribution in [0.5, 0.6) is 0 Å². The molecule has 8 heteroatoms. The number of aliphatic imine (C=N–C) groups is 1. The van der Waals surface area contributed by atoms with E-state index in [-0.39, 0.29) is 43.6 Å². The van der Waals surface area contributed by atoms with Crippen molar-refractivity contribution in [2.75, 3.05) is 6.54 Å². The zero-order valence-corrected chi connectivity index (χ0v) is 32.5. The number of rotatable bonds is 36. The van der Waals surface area contributed by atoms with Crippen LogP contribution in [0.1, 0.15) is 206 Å². The van der Waals surface area contributed by atoms with Gasteiger partial charge in [0.1, 0.15) is 6.04 Å². The number of guanidine groups is 1. The van der Waals surface area contributed by atoms with Crippen LogP contribution in [0.15, 0.2) is 29.3 Å². The van der Waals surface area contributed by atoms with Crippen molar-refractivity contribution < 1.29 is 19.5 Å². The van der Waals surface area contributed by atoms with Gasteiger partial charge < -0.3 is 16.6 Å². The fraction of sp³-hybridized carbons (Fsp3) is 0.810. The van der Waals surface area contributed by atoms with Crippen LogP contribution in [0.25, 0.3) is 0 Å². The third-order valence-corrected chi connectivity index (χ3v) is 9.37. The topological polar surface area (TPSA) is 139 Å². The minimum Gasteiger partial charge on any atom is -0.480 e. The van der Waals surface area contributed by atoms with Crippen molar-refractivity contribution in [1.29, 1.82) is 0 Å². The molecule has 0 saturated carbocycles. The smallest absolute Gasteiger partial charge is 0.326 e. The van der Waals surface area contributed by atoms with E-state index in [4.69, 9.17) is 11.5 Å². The van der Waals surface area contributed by atoms with Crippen molar-refractivity contribution >= 4 is 23.7 Å². The summed E-state index contributed by atoms with van der Waals surface area (Å²) in [5.74, 6) is -1.98. The first-order valence-electron chi connectivity index (χ1n) is 20.8. The average Bonchev–Trinajstić information content (AvgIpc) is 3.09. The van der Waals surface area contributed by atoms with Crippen LogP contribution in [-0.2, 0) is 14.4 Å². The van der Waals surface area contributed by atoms with Gasteiger partial charge >= 0.3 is 5.97 Å². The Morgan fingerprint density at radius 2 is 0.880 bits per heavy atom. The fourth-order valence-corrected chi connectivity index (χ4v) is 6.28. The number of amides is 2. The second kappa shape index (κ2) is 36.2. The maximum Gasteiger partial charge on any atom is 0.326 e. The van der Waals surface area contributed by atoms with E-state index in [0.717, 1.165) is 69.1 Å². The van der Waals surface area contributed by atoms with Gasteiger partial charge in [-0.25, -0.2) is 4.79 Å². The Labute approximate surface area is 307 Å². The van der Waals surface area contributed by atoms with Gasteiger partial charge in [0.05, 0.1) is 0 Å². The van der Waals surface area contributed by atoms with Crippen molar-refractivity contribution in [2.24, 2.45) is 16.5 Å². The lowest BCUT2D eigenvalue weighted by molar-refractivity contribution is -0.158. The first-order chi connectivity index (χ1) is 24.3. The number of carbonyl (C=O) groups excluding carboxylic acids is 2. The quantitative estimate of drug-likeness (QED) is 0.0257. The van der Waals surface area contributed by atoms with Crippen molar-refractivity contribution in [3.8, 4) is 0 Å². The molecule has 0 saturated heterocycles. The molecule has 8 nitrogen and oxygen atoms in total. The number of carboxylic acids is 1. The minimum atomic E-state index is -1.20. The van der Waals surface area contributed by atoms with Crippen LogP contribution in [0.2, 0.25) is 0 Å². The summed E-state index contributed by atoms with van der Waals surface area (Å²) < 4.78 is 0. The Kier molecular flexibility index (Phi) is 34.3. The SMILES string of the molecule is CCCCCCCC/C=C\CCCCCCCC(=O)N(C(=O)CCCCCCC/C=C\CCCCCCCC)[C@@H](CCCN=C(N)N)C(=O)O. The Morgan fingerprint density at radius 1 is 0.540 bits per heavy atom. The van der Waals surface area contributed by atoms with Gasteiger partial charge in [0.15, 0.2) is 5.96 Å². The van der Waals surface area contributed by atoms with Crippen molar-refractivity contribution in [3.63, 3.8) is 0 Å². The lowest BCUT2D eigenvalue weighted by atomic mass is 10.0. The number of carbonyl (C=O) groups is 3. The molecule has 2 amide bonds. The number of nitrogens with two attached hydrogens (primary N) is 2. The number of unbranched alkanes of at least 4 members (excludes halogenated alkanes) is 22. The van der Waals surface area contributed by atoms with E-state index in [0.29, 0.717) is 19.3 Å². The number of aliphatic carboxylic acids is 1. The van der Waals surface area contributed by atoms with Gasteiger partial charge in [-0.05, 0) is 77.0 Å². The zero-order chi connectivity index (χ0) is 36.9. The van der Waals surface area contributed by atoms with Crippen LogP contribution in [0, 0.1) is 0 Å². The van der Waals surface area contributed by atoms with Gasteiger partial charge in [-0.2, -0.15) is 0 Å². The Morgan fingerprint density at radius 3 is 1.22 bits per heavy atom. The molecule has 0 aromatic carbocycles. The maximum atomic E-state index is 13.3. The number of imide groups is 1. The molecule has 0 unspecified atom stereocenters. The first kappa shape index (κ1) is 47.4. The predicted octanol–water partition coefficient (Wildman–Crippen LogP) is 10.9. The molecule has 0 rings (SSSR count). The standard InChI is InChI=1S/C42H78N4O4/c1-3-5-7-9-11-13-15-17-19-21-23-25-27-29-31-35-39(47)46(38(41(49)50)34-33-37-45-42(43)44)40(48)36-32-30-28-26-24-22-20-18-16-14-12-10-8-6-4-2/h17-20,38H,3-16,21-37H2,1-2H3,(H,49,50)(H4,43,44,45)/b19-17-,20-18-/t38-/m0/s1. The highest BCUT2D eigenvalue weighted by molar-refractivity contribution is 5.99. The van der Waals surface area contributed by atoms with Crippen LogP contribution >= 0.6 is 0 Å². The Hall–Kier alpha value is -2.64. The Balaban J connectivity index is 4.54. The maximum absolute atomic E-state index is 13.3. The van der Waals surface area contributed by atoms with Crippen LogP contribution in [0.3, 0.4) is 0 Å². The van der Waals surface area contributed by atoms with Crippen LogP contribution in [0.4, 0.5) is 0 Å². The largest absolute Gasteiger partial charge is 0.480 e. The third kappa shape index (κ3) is 30.2. The van der Waals surface area contributed by atoms with Gasteiger partial charge in [0.2, 0.25) is 11.8 Å². The van der Waals surface area contributed by atoms with Crippen LogP contribution in [-0.4, -0.2) is 46.3 Å². The summed E-state index contributed by atoms with van der Waals surface area (Å²) in [6.07, 6.45) is 40.2. The summed E-state index contributed by atoms with van der Waals surface area (Å²) in [5.41, 5.74) is 10.8. The van der Waals surface area contributed by atoms with Crippen molar-refractivity contribution in [2.45, 2.75) is 213 Å². The highest BCUT2D eigenvalue weighted by atomic mass is 16.4. The molecule has 0 aliphatic carbocycles. The fourth-order valence-electron chi connectivity index (χ4n) is 6.28. The lowest BCUT2D eigenvalue weighted by Gasteiger charge is -2.27. The molecule has 0 aliphatic heterocycles. The normalized spacial score (nSPS) is 12.1. The number of carboxylic acid groups (broad SMARTS) is 1. The van der Waals surface area contributed by atoms with Crippen molar-refractivity contribution in [1.82, 2.24) is 4.90 Å². The summed E-state index contributed by atoms with van der Waals surface area (Å²) in [4.78, 5) is 43.9. The molecule has 0 spiro atoms. The van der Waals surface area contributed by atoms with E-state index in [1.54, 1.807) is 0 Å². The molecule has 0 bridgehead atoms. The zero-order valence-electron chi connectivity index (χ0n) is 32.5. The van der Waals surface area contributed by atoms with Crippen LogP contribution < -0.4 is 11.5 Å². The lowest BCUT2D eigenvalue weighted by Crippen LogP contribution is -2.48. The summed E-state index contributed by atoms with van der Waals surface area (Å²) in [7, 11) is 0. The molecule has 1 atom stereocenters. The average molecular weight is 703 g/mol. The molecule has 5 N–H and O–H groups in total. The molecule has 0 heterocycles. The van der Waals surface area contributed by atoms with E-state index < -0.39 is 12.0 Å². The van der Waals surface area contributed by atoms with Gasteiger partial charge in [-0.3, -0.25) is 19.5 Å². The second-order valence-electron chi connectivity index (χ2n) is 14.1. The van der Waals surface area contributed by atoms with Crippen molar-refractivity contribution in [3.05, 3.63) is 24.3 Å². The summed E-state index contributed by atoms with van der Waals surface area (Å²) in [6, 6.07) is -1.20. The molecular weight excluding hydrogens is 624 g/mol. The highest BCUT2D eigenvalue weighted by Crippen LogP contribution is 2.18. The first-order valence-corrected chi connectivity index (χ1v) is 20.8. The molecule has 0 fully saturated rings. The third-order valence-electron chi connectivity index (χ3n) is 9.37. The summed E-state index contributed by atoms with van der Waals surface area (Å²) >= 11 is 0. The Bertz CT molecular complexity index is 861. The highest BCUT2D eigenvalue weighted by Gasteiger charge is 2.33. The predicted molar refractivity (Wildman–Crippen MR) is 212 cm³/mol. The van der Waals surface area contributed by atoms with E-state index in [2.05, 4.69) is 43.1 Å². The molecule has 290 valence electrons. The number of nitrogens with zero attached hydrogens (tertiary/aromatic N) is 2. The van der Waals surface area contributed by atoms with Gasteiger partial charge in [-0.1, -0.05) is 141 Å². The van der Waals surface area contributed by atoms with E-state index >= 15 is 0 Å². The molecule has 50 heavy (non-hydrogen) atoms. The molecule has 0 radical (unpaired) electrons. The second-order valence-corrected chi connectivity index (χ2v) is 14.1. The molecular formula is C42H78N4O4.